The molecule has 0 bridgehead atoms. The standard InChI is InChI=1S/C17H20F4N2O3/c1-10-7-23-8-11(6-12(23)9-25-10)22-15(24)13-4-2-3-5-14(13)26-17(20,21)16(18)19/h2-5,10-12,16H,6-9H2,1H3,(H,22,24)/t10-,11+,12-/m0/s1. The van der Waals surface area contributed by atoms with Crippen LogP contribution in [0.4, 0.5) is 17.6 Å². The quantitative estimate of drug-likeness (QED) is 0.803. The Labute approximate surface area is 148 Å². The molecule has 0 radical (unpaired) electrons. The van der Waals surface area contributed by atoms with Gasteiger partial charge in [0.2, 0.25) is 0 Å². The molecule has 3 rings (SSSR count). The molecular formula is C17H20F4N2O3. The Morgan fingerprint density at radius 2 is 2.08 bits per heavy atom. The Hall–Kier alpha value is -1.87. The van der Waals surface area contributed by atoms with Crippen molar-refractivity contribution in [2.75, 3.05) is 19.7 Å². The minimum atomic E-state index is -4.67. The van der Waals surface area contributed by atoms with Crippen molar-refractivity contribution in [2.45, 2.75) is 44.1 Å². The van der Waals surface area contributed by atoms with Crippen LogP contribution in [0.1, 0.15) is 23.7 Å². The maximum absolute atomic E-state index is 13.2. The predicted molar refractivity (Wildman–Crippen MR) is 84.7 cm³/mol. The summed E-state index contributed by atoms with van der Waals surface area (Å²) in [7, 11) is 0. The number of carbonyl (C=O) groups is 1. The van der Waals surface area contributed by atoms with Crippen LogP contribution in [0.3, 0.4) is 0 Å². The first kappa shape index (κ1) is 18.9. The highest BCUT2D eigenvalue weighted by molar-refractivity contribution is 5.97. The van der Waals surface area contributed by atoms with Gasteiger partial charge in [-0.25, -0.2) is 0 Å². The Morgan fingerprint density at radius 3 is 2.81 bits per heavy atom. The van der Waals surface area contributed by atoms with Gasteiger partial charge in [-0.3, -0.25) is 9.69 Å². The third-order valence-corrected chi connectivity index (χ3v) is 4.56. The zero-order valence-electron chi connectivity index (χ0n) is 14.1. The van der Waals surface area contributed by atoms with Gasteiger partial charge >= 0.3 is 12.5 Å². The number of rotatable bonds is 5. The molecule has 0 unspecified atom stereocenters. The molecule has 2 fully saturated rings. The summed E-state index contributed by atoms with van der Waals surface area (Å²) in [6.45, 7) is 3.93. The lowest BCUT2D eigenvalue weighted by Gasteiger charge is -2.33. The highest BCUT2D eigenvalue weighted by Gasteiger charge is 2.45. The van der Waals surface area contributed by atoms with Gasteiger partial charge in [0.15, 0.2) is 0 Å². The first-order chi connectivity index (χ1) is 12.3. The van der Waals surface area contributed by atoms with E-state index in [0.29, 0.717) is 19.6 Å². The van der Waals surface area contributed by atoms with Crippen molar-refractivity contribution in [3.05, 3.63) is 29.8 Å². The van der Waals surface area contributed by atoms with Crippen LogP contribution in [-0.4, -0.2) is 61.2 Å². The van der Waals surface area contributed by atoms with Crippen molar-refractivity contribution < 1.29 is 31.8 Å². The SMILES string of the molecule is C[C@H]1CN2C[C@H](NC(=O)c3ccccc3OC(F)(F)C(F)F)C[C@H]2CO1. The third-order valence-electron chi connectivity index (χ3n) is 4.56. The fraction of sp³-hybridized carbons (Fsp3) is 0.588. The second-order valence-corrected chi connectivity index (χ2v) is 6.62. The average Bonchev–Trinajstić information content (AvgIpc) is 2.96. The minimum Gasteiger partial charge on any atom is -0.427 e. The first-order valence-electron chi connectivity index (χ1n) is 8.37. The normalized spacial score (nSPS) is 26.6. The van der Waals surface area contributed by atoms with Gasteiger partial charge in [0.1, 0.15) is 5.75 Å². The largest absolute Gasteiger partial charge is 0.461 e. The number of carbonyl (C=O) groups excluding carboxylic acids is 1. The number of fused-ring (bicyclic) bond motifs is 1. The highest BCUT2D eigenvalue weighted by Crippen LogP contribution is 2.30. The Bertz CT molecular complexity index is 659. The lowest BCUT2D eigenvalue weighted by Crippen LogP contribution is -2.45. The summed E-state index contributed by atoms with van der Waals surface area (Å²) in [6.07, 6.45) is -7.87. The molecule has 5 nitrogen and oxygen atoms in total. The van der Waals surface area contributed by atoms with Crippen molar-refractivity contribution in [1.29, 1.82) is 0 Å². The number of halogens is 4. The summed E-state index contributed by atoms with van der Waals surface area (Å²) in [5, 5.41) is 2.77. The molecule has 144 valence electrons. The molecule has 0 aliphatic carbocycles. The lowest BCUT2D eigenvalue weighted by atomic mass is 10.1. The topological polar surface area (TPSA) is 50.8 Å². The van der Waals surface area contributed by atoms with Crippen molar-refractivity contribution in [3.63, 3.8) is 0 Å². The summed E-state index contributed by atoms with van der Waals surface area (Å²) < 4.78 is 60.8. The van der Waals surface area contributed by atoms with Crippen LogP contribution in [0.25, 0.3) is 0 Å². The molecule has 2 aliphatic heterocycles. The summed E-state index contributed by atoms with van der Waals surface area (Å²) in [5.41, 5.74) is -0.206. The van der Waals surface area contributed by atoms with E-state index in [1.54, 1.807) is 0 Å². The van der Waals surface area contributed by atoms with E-state index in [9.17, 15) is 22.4 Å². The molecule has 0 spiro atoms. The maximum atomic E-state index is 13.2. The van der Waals surface area contributed by atoms with Gasteiger partial charge in [-0.05, 0) is 25.5 Å². The first-order valence-corrected chi connectivity index (χ1v) is 8.37. The number of morpholine rings is 1. The predicted octanol–water partition coefficient (Wildman–Crippen LogP) is 2.51. The molecule has 1 aromatic carbocycles. The molecule has 2 aliphatic rings. The number of hydrogen-bond donors (Lipinski definition) is 1. The molecule has 1 N–H and O–H groups in total. The Balaban J connectivity index is 1.67. The maximum Gasteiger partial charge on any atom is 0.461 e. The number of amides is 1. The minimum absolute atomic E-state index is 0.117. The summed E-state index contributed by atoms with van der Waals surface area (Å²) in [5.74, 6) is -1.22. The fourth-order valence-electron chi connectivity index (χ4n) is 3.34. The fourth-order valence-corrected chi connectivity index (χ4v) is 3.34. The van der Waals surface area contributed by atoms with Crippen LogP contribution in [0.15, 0.2) is 24.3 Å². The number of hydrogen-bond acceptors (Lipinski definition) is 4. The molecular weight excluding hydrogens is 356 g/mol. The summed E-state index contributed by atoms with van der Waals surface area (Å²) >= 11 is 0. The number of alkyl halides is 4. The zero-order chi connectivity index (χ0) is 18.9. The van der Waals surface area contributed by atoms with Crippen LogP contribution in [0, 0.1) is 0 Å². The molecule has 2 heterocycles. The lowest BCUT2D eigenvalue weighted by molar-refractivity contribution is -0.253. The Morgan fingerprint density at radius 1 is 1.35 bits per heavy atom. The number of nitrogens with zero attached hydrogens (tertiary/aromatic N) is 1. The number of nitrogens with one attached hydrogen (secondary N) is 1. The van der Waals surface area contributed by atoms with Gasteiger partial charge in [-0.2, -0.15) is 17.6 Å². The summed E-state index contributed by atoms with van der Waals surface area (Å²) in [6, 6.07) is 5.15. The van der Waals surface area contributed by atoms with E-state index in [2.05, 4.69) is 15.0 Å². The van der Waals surface area contributed by atoms with Gasteiger partial charge in [0.05, 0.1) is 18.3 Å². The van der Waals surface area contributed by atoms with E-state index in [1.807, 2.05) is 6.92 Å². The van der Waals surface area contributed by atoms with E-state index < -0.39 is 24.2 Å². The van der Waals surface area contributed by atoms with Crippen molar-refractivity contribution in [3.8, 4) is 5.75 Å². The highest BCUT2D eigenvalue weighted by atomic mass is 19.3. The van der Waals surface area contributed by atoms with E-state index in [-0.39, 0.29) is 23.8 Å². The van der Waals surface area contributed by atoms with E-state index >= 15 is 0 Å². The smallest absolute Gasteiger partial charge is 0.427 e. The van der Waals surface area contributed by atoms with Gasteiger partial charge in [0.25, 0.3) is 5.91 Å². The number of ether oxygens (including phenoxy) is 2. The van der Waals surface area contributed by atoms with Gasteiger partial charge in [0, 0.05) is 25.2 Å². The van der Waals surface area contributed by atoms with E-state index in [4.69, 9.17) is 4.74 Å². The number of para-hydroxylation sites is 1. The molecule has 1 aromatic rings. The van der Waals surface area contributed by atoms with Crippen molar-refractivity contribution in [1.82, 2.24) is 10.2 Å². The van der Waals surface area contributed by atoms with E-state index in [1.165, 1.54) is 18.2 Å². The van der Waals surface area contributed by atoms with Gasteiger partial charge < -0.3 is 14.8 Å². The van der Waals surface area contributed by atoms with Crippen LogP contribution >= 0.6 is 0 Å². The molecule has 3 atom stereocenters. The molecule has 9 heteroatoms. The van der Waals surface area contributed by atoms with Gasteiger partial charge in [-0.1, -0.05) is 12.1 Å². The third kappa shape index (κ3) is 4.09. The van der Waals surface area contributed by atoms with Crippen molar-refractivity contribution >= 4 is 5.91 Å². The molecule has 1 amide bonds. The second-order valence-electron chi connectivity index (χ2n) is 6.62. The zero-order valence-corrected chi connectivity index (χ0v) is 14.1. The van der Waals surface area contributed by atoms with Crippen LogP contribution in [0.5, 0.6) is 5.75 Å². The van der Waals surface area contributed by atoms with E-state index in [0.717, 1.165) is 12.6 Å². The van der Waals surface area contributed by atoms with Gasteiger partial charge in [-0.15, -0.1) is 0 Å². The van der Waals surface area contributed by atoms with Crippen LogP contribution in [-0.2, 0) is 4.74 Å². The molecule has 0 saturated carbocycles. The molecule has 0 aromatic heterocycles. The molecule has 2 saturated heterocycles. The number of benzene rings is 1. The van der Waals surface area contributed by atoms with Crippen molar-refractivity contribution in [2.24, 2.45) is 0 Å². The average molecular weight is 376 g/mol. The monoisotopic (exact) mass is 376 g/mol. The van der Waals surface area contributed by atoms with Crippen LogP contribution < -0.4 is 10.1 Å². The molecule has 26 heavy (non-hydrogen) atoms. The summed E-state index contributed by atoms with van der Waals surface area (Å²) in [4.78, 5) is 14.7. The Kier molecular flexibility index (Phi) is 5.38. The second kappa shape index (κ2) is 7.40. The van der Waals surface area contributed by atoms with Crippen LogP contribution in [0.2, 0.25) is 0 Å².